The fraction of sp³-hybridized carbons (Fsp3) is 0.545. The van der Waals surface area contributed by atoms with Crippen LogP contribution in [0.3, 0.4) is 0 Å². The van der Waals surface area contributed by atoms with E-state index < -0.39 is 0 Å². The first kappa shape index (κ1) is 10.7. The summed E-state index contributed by atoms with van der Waals surface area (Å²) in [5.74, 6) is 1.73. The van der Waals surface area contributed by atoms with Gasteiger partial charge in [-0.25, -0.2) is 4.98 Å². The first-order valence-electron chi connectivity index (χ1n) is 5.41. The van der Waals surface area contributed by atoms with Gasteiger partial charge in [0.2, 0.25) is 0 Å². The van der Waals surface area contributed by atoms with Gasteiger partial charge in [-0.1, -0.05) is 11.6 Å². The third-order valence-electron chi connectivity index (χ3n) is 2.75. The molecular weight excluding hydrogens is 210 g/mol. The van der Waals surface area contributed by atoms with Gasteiger partial charge in [-0.15, -0.1) is 0 Å². The van der Waals surface area contributed by atoms with E-state index in [9.17, 15) is 0 Å². The van der Waals surface area contributed by atoms with Crippen molar-refractivity contribution < 1.29 is 0 Å². The second-order valence-electron chi connectivity index (χ2n) is 3.94. The van der Waals surface area contributed by atoms with Gasteiger partial charge >= 0.3 is 0 Å². The molecule has 4 heteroatoms. The Morgan fingerprint density at radius 1 is 1.53 bits per heavy atom. The first-order chi connectivity index (χ1) is 7.34. The molecule has 82 valence electrons. The number of rotatable bonds is 4. The lowest BCUT2D eigenvalue weighted by Gasteiger charge is -2.09. The van der Waals surface area contributed by atoms with Crippen molar-refractivity contribution in [2.24, 2.45) is 5.92 Å². The number of aromatic nitrogens is 1. The van der Waals surface area contributed by atoms with Gasteiger partial charge in [-0.05, 0) is 44.0 Å². The minimum absolute atomic E-state index is 0.681. The highest BCUT2D eigenvalue weighted by Crippen LogP contribution is 2.13. The maximum Gasteiger partial charge on any atom is 0.125 e. The number of nitrogens with zero attached hydrogens (tertiary/aromatic N) is 1. The highest BCUT2D eigenvalue weighted by Gasteiger charge is 2.13. The van der Waals surface area contributed by atoms with Crippen molar-refractivity contribution in [2.75, 3.05) is 25.0 Å². The fourth-order valence-corrected chi connectivity index (χ4v) is 1.96. The van der Waals surface area contributed by atoms with E-state index in [1.807, 2.05) is 12.1 Å². The average Bonchev–Trinajstić information content (AvgIpc) is 2.74. The molecule has 0 aliphatic carbocycles. The predicted molar refractivity (Wildman–Crippen MR) is 63.3 cm³/mol. The van der Waals surface area contributed by atoms with Gasteiger partial charge in [-0.3, -0.25) is 0 Å². The minimum atomic E-state index is 0.681. The summed E-state index contributed by atoms with van der Waals surface area (Å²) in [6.45, 7) is 3.32. The number of hydrogen-bond acceptors (Lipinski definition) is 3. The quantitative estimate of drug-likeness (QED) is 0.825. The lowest BCUT2D eigenvalue weighted by Crippen LogP contribution is -2.13. The highest BCUT2D eigenvalue weighted by molar-refractivity contribution is 6.30. The van der Waals surface area contributed by atoms with E-state index in [1.165, 1.54) is 19.4 Å². The molecule has 2 heterocycles. The summed E-state index contributed by atoms with van der Waals surface area (Å²) in [4.78, 5) is 4.18. The number of anilines is 1. The second-order valence-corrected chi connectivity index (χ2v) is 4.37. The van der Waals surface area contributed by atoms with Gasteiger partial charge < -0.3 is 10.6 Å². The molecule has 1 fully saturated rings. The number of halogens is 1. The van der Waals surface area contributed by atoms with Crippen LogP contribution in [0.4, 0.5) is 5.82 Å². The van der Waals surface area contributed by atoms with Crippen LogP contribution in [0, 0.1) is 5.92 Å². The zero-order chi connectivity index (χ0) is 10.5. The minimum Gasteiger partial charge on any atom is -0.370 e. The van der Waals surface area contributed by atoms with E-state index in [0.29, 0.717) is 5.02 Å². The highest BCUT2D eigenvalue weighted by atomic mass is 35.5. The molecule has 0 spiro atoms. The Hall–Kier alpha value is -0.800. The molecule has 1 aliphatic rings. The number of nitrogens with one attached hydrogen (secondary N) is 2. The zero-order valence-electron chi connectivity index (χ0n) is 8.67. The zero-order valence-corrected chi connectivity index (χ0v) is 9.43. The van der Waals surface area contributed by atoms with Crippen molar-refractivity contribution in [1.29, 1.82) is 0 Å². The third-order valence-corrected chi connectivity index (χ3v) is 2.97. The summed E-state index contributed by atoms with van der Waals surface area (Å²) < 4.78 is 0. The van der Waals surface area contributed by atoms with E-state index in [2.05, 4.69) is 15.6 Å². The summed E-state index contributed by atoms with van der Waals surface area (Å²) in [5.41, 5.74) is 0. The predicted octanol–water partition coefficient (Wildman–Crippen LogP) is 2.15. The molecular formula is C11H16ClN3. The number of hydrogen-bond donors (Lipinski definition) is 2. The van der Waals surface area contributed by atoms with Crippen LogP contribution in [0.2, 0.25) is 5.02 Å². The first-order valence-corrected chi connectivity index (χ1v) is 5.78. The van der Waals surface area contributed by atoms with Crippen LogP contribution in [0.15, 0.2) is 18.3 Å². The molecule has 2 rings (SSSR count). The van der Waals surface area contributed by atoms with E-state index >= 15 is 0 Å². The van der Waals surface area contributed by atoms with Gasteiger partial charge in [0.05, 0.1) is 5.02 Å². The van der Waals surface area contributed by atoms with Crippen LogP contribution >= 0.6 is 11.6 Å². The molecule has 1 atom stereocenters. The van der Waals surface area contributed by atoms with Crippen molar-refractivity contribution in [3.05, 3.63) is 23.4 Å². The van der Waals surface area contributed by atoms with Crippen LogP contribution in [0.5, 0.6) is 0 Å². The number of pyridine rings is 1. The lowest BCUT2D eigenvalue weighted by molar-refractivity contribution is 0.549. The SMILES string of the molecule is Clc1ccc(NCCC2CCNC2)nc1. The van der Waals surface area contributed by atoms with E-state index in [-0.39, 0.29) is 0 Å². The van der Waals surface area contributed by atoms with Crippen LogP contribution in [0.1, 0.15) is 12.8 Å². The molecule has 1 unspecified atom stereocenters. The Balaban J connectivity index is 1.71. The lowest BCUT2D eigenvalue weighted by atomic mass is 10.1. The molecule has 0 amide bonds. The van der Waals surface area contributed by atoms with Crippen molar-refractivity contribution in [2.45, 2.75) is 12.8 Å². The van der Waals surface area contributed by atoms with E-state index in [0.717, 1.165) is 24.8 Å². The normalized spacial score (nSPS) is 20.5. The summed E-state index contributed by atoms with van der Waals surface area (Å²) in [7, 11) is 0. The molecule has 1 saturated heterocycles. The molecule has 3 nitrogen and oxygen atoms in total. The maximum atomic E-state index is 5.75. The van der Waals surface area contributed by atoms with Crippen LogP contribution in [-0.4, -0.2) is 24.6 Å². The van der Waals surface area contributed by atoms with Crippen LogP contribution in [0.25, 0.3) is 0 Å². The molecule has 0 radical (unpaired) electrons. The molecule has 1 aromatic heterocycles. The van der Waals surface area contributed by atoms with Crippen LogP contribution in [-0.2, 0) is 0 Å². The fourth-order valence-electron chi connectivity index (χ4n) is 1.85. The average molecular weight is 226 g/mol. The Bertz CT molecular complexity index is 293. The van der Waals surface area contributed by atoms with Gasteiger partial charge in [0.15, 0.2) is 0 Å². The van der Waals surface area contributed by atoms with Crippen LogP contribution < -0.4 is 10.6 Å². The smallest absolute Gasteiger partial charge is 0.125 e. The molecule has 0 bridgehead atoms. The Labute approximate surface area is 95.2 Å². The summed E-state index contributed by atoms with van der Waals surface area (Å²) >= 11 is 5.75. The molecule has 1 aliphatic heterocycles. The summed E-state index contributed by atoms with van der Waals surface area (Å²) in [6.07, 6.45) is 4.17. The third kappa shape index (κ3) is 3.36. The van der Waals surface area contributed by atoms with Gasteiger partial charge in [0.1, 0.15) is 5.82 Å². The van der Waals surface area contributed by atoms with Crippen molar-refractivity contribution in [3.63, 3.8) is 0 Å². The molecule has 15 heavy (non-hydrogen) atoms. The molecule has 0 aromatic carbocycles. The van der Waals surface area contributed by atoms with Crippen molar-refractivity contribution in [1.82, 2.24) is 10.3 Å². The maximum absolute atomic E-state index is 5.75. The molecule has 0 saturated carbocycles. The Morgan fingerprint density at radius 3 is 3.13 bits per heavy atom. The van der Waals surface area contributed by atoms with Gasteiger partial charge in [-0.2, -0.15) is 0 Å². The van der Waals surface area contributed by atoms with Crippen molar-refractivity contribution >= 4 is 17.4 Å². The van der Waals surface area contributed by atoms with E-state index in [1.54, 1.807) is 6.20 Å². The summed E-state index contributed by atoms with van der Waals surface area (Å²) in [5, 5.41) is 7.35. The standard InChI is InChI=1S/C11H16ClN3/c12-10-1-2-11(15-8-10)14-6-4-9-3-5-13-7-9/h1-2,8-9,13H,3-7H2,(H,14,15). The largest absolute Gasteiger partial charge is 0.370 e. The molecule has 2 N–H and O–H groups in total. The van der Waals surface area contributed by atoms with E-state index in [4.69, 9.17) is 11.6 Å². The second kappa shape index (κ2) is 5.33. The summed E-state index contributed by atoms with van der Waals surface area (Å²) in [6, 6.07) is 3.77. The Morgan fingerprint density at radius 2 is 2.47 bits per heavy atom. The monoisotopic (exact) mass is 225 g/mol. The Kier molecular flexibility index (Phi) is 3.80. The van der Waals surface area contributed by atoms with Crippen molar-refractivity contribution in [3.8, 4) is 0 Å². The van der Waals surface area contributed by atoms with Gasteiger partial charge in [0.25, 0.3) is 0 Å². The van der Waals surface area contributed by atoms with Gasteiger partial charge in [0, 0.05) is 12.7 Å². The topological polar surface area (TPSA) is 37.0 Å². The molecule has 1 aromatic rings.